The van der Waals surface area contributed by atoms with Gasteiger partial charge in [-0.15, -0.1) is 0 Å². The Morgan fingerprint density at radius 2 is 1.62 bits per heavy atom. The van der Waals surface area contributed by atoms with Gasteiger partial charge in [-0.05, 0) is 17.5 Å². The Balaban J connectivity index is 2.02. The molecule has 24 heavy (non-hydrogen) atoms. The summed E-state index contributed by atoms with van der Waals surface area (Å²) in [4.78, 5) is 23.6. The first-order chi connectivity index (χ1) is 11.6. The quantitative estimate of drug-likeness (QED) is 0.815. The molecule has 0 saturated heterocycles. The van der Waals surface area contributed by atoms with Crippen LogP contribution in [0.1, 0.15) is 30.4 Å². The van der Waals surface area contributed by atoms with Crippen molar-refractivity contribution in [1.29, 1.82) is 0 Å². The van der Waals surface area contributed by atoms with E-state index in [0.29, 0.717) is 6.42 Å². The zero-order chi connectivity index (χ0) is 17.4. The summed E-state index contributed by atoms with van der Waals surface area (Å²) in [5, 5.41) is 12.0. The second-order valence-corrected chi connectivity index (χ2v) is 5.45. The predicted molar refractivity (Wildman–Crippen MR) is 90.7 cm³/mol. The first-order valence-electron chi connectivity index (χ1n) is 7.86. The fraction of sp³-hybridized carbons (Fsp3) is 0.263. The number of nitrogens with one attached hydrogen (secondary N) is 1. The van der Waals surface area contributed by atoms with Crippen molar-refractivity contribution < 1.29 is 19.4 Å². The van der Waals surface area contributed by atoms with E-state index in [1.54, 1.807) is 0 Å². The molecule has 0 aliphatic heterocycles. The zero-order valence-electron chi connectivity index (χ0n) is 13.5. The number of benzene rings is 2. The van der Waals surface area contributed by atoms with Crippen molar-refractivity contribution in [2.45, 2.75) is 31.9 Å². The lowest BCUT2D eigenvalue weighted by Crippen LogP contribution is -2.45. The van der Waals surface area contributed by atoms with Crippen LogP contribution in [0.4, 0.5) is 4.79 Å². The van der Waals surface area contributed by atoms with Crippen molar-refractivity contribution in [1.82, 2.24) is 5.32 Å². The first kappa shape index (κ1) is 17.5. The number of carbonyl (C=O) groups excluding carboxylic acids is 1. The highest BCUT2D eigenvalue weighted by Gasteiger charge is 2.30. The van der Waals surface area contributed by atoms with Gasteiger partial charge in [0.2, 0.25) is 0 Å². The number of hydrogen-bond acceptors (Lipinski definition) is 3. The topological polar surface area (TPSA) is 75.6 Å². The summed E-state index contributed by atoms with van der Waals surface area (Å²) in [6, 6.07) is 17.5. The van der Waals surface area contributed by atoms with Crippen LogP contribution in [0.3, 0.4) is 0 Å². The zero-order valence-corrected chi connectivity index (χ0v) is 13.5. The molecule has 0 aromatic heterocycles. The molecule has 1 amide bonds. The Labute approximate surface area is 141 Å². The van der Waals surface area contributed by atoms with Gasteiger partial charge < -0.3 is 15.2 Å². The average molecular weight is 327 g/mol. The lowest BCUT2D eigenvalue weighted by atomic mass is 9.89. The van der Waals surface area contributed by atoms with Crippen LogP contribution in [0.5, 0.6) is 0 Å². The van der Waals surface area contributed by atoms with Gasteiger partial charge >= 0.3 is 12.1 Å². The minimum atomic E-state index is -1.08. The van der Waals surface area contributed by atoms with Gasteiger partial charge in [0.15, 0.2) is 0 Å². The van der Waals surface area contributed by atoms with E-state index < -0.39 is 18.1 Å². The molecule has 0 fully saturated rings. The SMILES string of the molecule is CCC(c1ccccc1)C(NC(=O)OCc1ccccc1)C(=O)O. The summed E-state index contributed by atoms with van der Waals surface area (Å²) >= 11 is 0. The van der Waals surface area contributed by atoms with Crippen molar-refractivity contribution in [3.05, 3.63) is 71.8 Å². The van der Waals surface area contributed by atoms with Crippen molar-refractivity contribution in [2.24, 2.45) is 0 Å². The van der Waals surface area contributed by atoms with Crippen LogP contribution in [-0.4, -0.2) is 23.2 Å². The Morgan fingerprint density at radius 1 is 1.04 bits per heavy atom. The standard InChI is InChI=1S/C19H21NO4/c1-2-16(15-11-7-4-8-12-15)17(18(21)22)20-19(23)24-13-14-9-5-3-6-10-14/h3-12,16-17H,2,13H2,1H3,(H,20,23)(H,21,22). The fourth-order valence-electron chi connectivity index (χ4n) is 2.59. The van der Waals surface area contributed by atoms with Gasteiger partial charge in [-0.2, -0.15) is 0 Å². The van der Waals surface area contributed by atoms with Gasteiger partial charge in [-0.1, -0.05) is 67.6 Å². The minimum Gasteiger partial charge on any atom is -0.480 e. The molecule has 5 nitrogen and oxygen atoms in total. The molecule has 126 valence electrons. The highest BCUT2D eigenvalue weighted by molar-refractivity contribution is 5.81. The van der Waals surface area contributed by atoms with Crippen LogP contribution in [0, 0.1) is 0 Å². The maximum Gasteiger partial charge on any atom is 0.408 e. The molecule has 2 aromatic rings. The number of carbonyl (C=O) groups is 2. The number of carboxylic acid groups (broad SMARTS) is 1. The molecule has 0 heterocycles. The van der Waals surface area contributed by atoms with Crippen LogP contribution in [0.2, 0.25) is 0 Å². The molecule has 0 spiro atoms. The van der Waals surface area contributed by atoms with Crippen LogP contribution in [-0.2, 0) is 16.1 Å². The number of alkyl carbamates (subject to hydrolysis) is 1. The molecular formula is C19H21NO4. The lowest BCUT2D eigenvalue weighted by molar-refractivity contribution is -0.140. The second-order valence-electron chi connectivity index (χ2n) is 5.45. The van der Waals surface area contributed by atoms with Crippen molar-refractivity contribution in [3.63, 3.8) is 0 Å². The molecule has 2 N–H and O–H groups in total. The van der Waals surface area contributed by atoms with Gasteiger partial charge in [0.25, 0.3) is 0 Å². The number of rotatable bonds is 7. The van der Waals surface area contributed by atoms with E-state index in [-0.39, 0.29) is 12.5 Å². The predicted octanol–water partition coefficient (Wildman–Crippen LogP) is 3.56. The average Bonchev–Trinajstić information content (AvgIpc) is 2.61. The molecule has 0 aliphatic carbocycles. The largest absolute Gasteiger partial charge is 0.480 e. The number of amides is 1. The fourth-order valence-corrected chi connectivity index (χ4v) is 2.59. The maximum absolute atomic E-state index is 12.0. The molecule has 0 saturated carbocycles. The second kappa shape index (κ2) is 8.72. The monoisotopic (exact) mass is 327 g/mol. The van der Waals surface area contributed by atoms with Gasteiger partial charge in [-0.3, -0.25) is 0 Å². The Hall–Kier alpha value is -2.82. The highest BCUT2D eigenvalue weighted by atomic mass is 16.5. The Bertz CT molecular complexity index is 658. The summed E-state index contributed by atoms with van der Waals surface area (Å²) in [6.45, 7) is 1.99. The minimum absolute atomic E-state index is 0.0984. The first-order valence-corrected chi connectivity index (χ1v) is 7.86. The summed E-state index contributed by atoms with van der Waals surface area (Å²) in [5.74, 6) is -1.41. The summed E-state index contributed by atoms with van der Waals surface area (Å²) in [6.07, 6.45) is -0.152. The molecule has 0 bridgehead atoms. The summed E-state index contributed by atoms with van der Waals surface area (Å²) in [7, 11) is 0. The van der Waals surface area contributed by atoms with Crippen molar-refractivity contribution in [2.75, 3.05) is 0 Å². The van der Waals surface area contributed by atoms with Gasteiger partial charge in [-0.25, -0.2) is 9.59 Å². The van der Waals surface area contributed by atoms with Crippen LogP contribution < -0.4 is 5.32 Å². The summed E-state index contributed by atoms with van der Waals surface area (Å²) < 4.78 is 5.13. The molecule has 5 heteroatoms. The van der Waals surface area contributed by atoms with Gasteiger partial charge in [0, 0.05) is 5.92 Å². The van der Waals surface area contributed by atoms with E-state index in [2.05, 4.69) is 5.32 Å². The third-order valence-corrected chi connectivity index (χ3v) is 3.82. The van der Waals surface area contributed by atoms with Gasteiger partial charge in [0.05, 0.1) is 0 Å². The molecule has 0 aliphatic rings. The number of aliphatic carboxylic acids is 1. The van der Waals surface area contributed by atoms with Crippen LogP contribution >= 0.6 is 0 Å². The lowest BCUT2D eigenvalue weighted by Gasteiger charge is -2.24. The van der Waals surface area contributed by atoms with Crippen LogP contribution in [0.15, 0.2) is 60.7 Å². The normalized spacial score (nSPS) is 12.9. The Morgan fingerprint density at radius 3 is 2.17 bits per heavy atom. The molecule has 2 atom stereocenters. The number of hydrogen-bond donors (Lipinski definition) is 2. The number of carboxylic acids is 1. The Kier molecular flexibility index (Phi) is 6.37. The highest BCUT2D eigenvalue weighted by Crippen LogP contribution is 2.23. The number of ether oxygens (including phenoxy) is 1. The van der Waals surface area contributed by atoms with E-state index in [9.17, 15) is 14.7 Å². The van der Waals surface area contributed by atoms with Crippen molar-refractivity contribution >= 4 is 12.1 Å². The van der Waals surface area contributed by atoms with E-state index in [4.69, 9.17) is 4.74 Å². The van der Waals surface area contributed by atoms with Gasteiger partial charge in [0.1, 0.15) is 12.6 Å². The summed E-state index contributed by atoms with van der Waals surface area (Å²) in [5.41, 5.74) is 1.71. The molecule has 2 rings (SSSR count). The third kappa shape index (κ3) is 4.84. The van der Waals surface area contributed by atoms with Crippen LogP contribution in [0.25, 0.3) is 0 Å². The molecule has 2 aromatic carbocycles. The molecule has 0 radical (unpaired) electrons. The van der Waals surface area contributed by atoms with E-state index >= 15 is 0 Å². The van der Waals surface area contributed by atoms with E-state index in [1.165, 1.54) is 0 Å². The molecular weight excluding hydrogens is 306 g/mol. The van der Waals surface area contributed by atoms with E-state index in [1.807, 2.05) is 67.6 Å². The van der Waals surface area contributed by atoms with E-state index in [0.717, 1.165) is 11.1 Å². The molecule has 2 unspecified atom stereocenters. The van der Waals surface area contributed by atoms with Crippen molar-refractivity contribution in [3.8, 4) is 0 Å². The maximum atomic E-state index is 12.0. The third-order valence-electron chi connectivity index (χ3n) is 3.82. The smallest absolute Gasteiger partial charge is 0.408 e.